The van der Waals surface area contributed by atoms with Gasteiger partial charge in [-0.1, -0.05) is 32.9 Å². The maximum Gasteiger partial charge on any atom is 0.324 e. The molecule has 25 heavy (non-hydrogen) atoms. The number of urea groups is 1. The number of thiophene rings is 1. The molecule has 0 radical (unpaired) electrons. The molecule has 2 N–H and O–H groups in total. The minimum Gasteiger partial charge on any atom is -0.308 e. The third-order valence-electron chi connectivity index (χ3n) is 3.77. The third kappa shape index (κ3) is 4.83. The number of rotatable bonds is 4. The van der Waals surface area contributed by atoms with Crippen molar-refractivity contribution in [2.75, 3.05) is 10.6 Å². The molecule has 2 amide bonds. The zero-order valence-electron chi connectivity index (χ0n) is 15.1. The predicted molar refractivity (Wildman–Crippen MR) is 104 cm³/mol. The van der Waals surface area contributed by atoms with Gasteiger partial charge in [-0.25, -0.2) is 13.2 Å². The molecule has 0 spiro atoms. The summed E-state index contributed by atoms with van der Waals surface area (Å²) in [6.07, 6.45) is 0. The molecule has 1 aromatic carbocycles. The maximum absolute atomic E-state index is 12.1. The Morgan fingerprint density at radius 2 is 1.68 bits per heavy atom. The number of amides is 2. The molecule has 0 atom stereocenters. The van der Waals surface area contributed by atoms with Crippen molar-refractivity contribution < 1.29 is 13.2 Å². The van der Waals surface area contributed by atoms with Gasteiger partial charge in [0.15, 0.2) is 9.84 Å². The quantitative estimate of drug-likeness (QED) is 0.794. The molecule has 0 fully saturated rings. The Hall–Kier alpha value is -1.86. The number of benzene rings is 1. The number of anilines is 2. The van der Waals surface area contributed by atoms with E-state index in [1.165, 1.54) is 23.0 Å². The van der Waals surface area contributed by atoms with Crippen LogP contribution in [0.15, 0.2) is 40.6 Å². The maximum atomic E-state index is 12.1. The highest BCUT2D eigenvalue weighted by Crippen LogP contribution is 2.27. The summed E-state index contributed by atoms with van der Waals surface area (Å²) in [5.41, 5.74) is 1.91. The fourth-order valence-corrected chi connectivity index (χ4v) is 4.37. The summed E-state index contributed by atoms with van der Waals surface area (Å²) in [4.78, 5) is 12.3. The van der Waals surface area contributed by atoms with E-state index in [2.05, 4.69) is 31.4 Å². The molecule has 0 bridgehead atoms. The molecular formula is C18H24N2O3S2. The van der Waals surface area contributed by atoms with Crippen LogP contribution in [-0.4, -0.2) is 19.7 Å². The van der Waals surface area contributed by atoms with Crippen molar-refractivity contribution in [3.63, 3.8) is 0 Å². The van der Waals surface area contributed by atoms with Gasteiger partial charge in [-0.05, 0) is 43.0 Å². The van der Waals surface area contributed by atoms with E-state index in [0.29, 0.717) is 10.7 Å². The van der Waals surface area contributed by atoms with E-state index in [9.17, 15) is 13.2 Å². The van der Waals surface area contributed by atoms with Gasteiger partial charge < -0.3 is 5.32 Å². The largest absolute Gasteiger partial charge is 0.324 e. The van der Waals surface area contributed by atoms with Crippen LogP contribution in [0.3, 0.4) is 0 Å². The molecule has 1 heterocycles. The molecule has 0 saturated carbocycles. The van der Waals surface area contributed by atoms with Crippen LogP contribution >= 0.6 is 11.3 Å². The summed E-state index contributed by atoms with van der Waals surface area (Å²) in [5.74, 6) is 0. The van der Waals surface area contributed by atoms with Gasteiger partial charge in [-0.2, -0.15) is 0 Å². The Labute approximate surface area is 153 Å². The van der Waals surface area contributed by atoms with E-state index in [-0.39, 0.29) is 10.3 Å². The van der Waals surface area contributed by atoms with Gasteiger partial charge in [-0.3, -0.25) is 5.32 Å². The Morgan fingerprint density at radius 1 is 1.08 bits per heavy atom. The van der Waals surface area contributed by atoms with Crippen LogP contribution in [0.1, 0.15) is 40.2 Å². The second kappa shape index (κ2) is 7.17. The lowest BCUT2D eigenvalue weighted by atomic mass is 9.87. The summed E-state index contributed by atoms with van der Waals surface area (Å²) < 4.78 is 24.2. The van der Waals surface area contributed by atoms with Gasteiger partial charge >= 0.3 is 6.03 Å². The van der Waals surface area contributed by atoms with Crippen LogP contribution in [0.5, 0.6) is 0 Å². The molecule has 2 rings (SSSR count). The van der Waals surface area contributed by atoms with Crippen LogP contribution < -0.4 is 10.6 Å². The van der Waals surface area contributed by atoms with Gasteiger partial charge in [-0.15, -0.1) is 11.3 Å². The molecule has 7 heteroatoms. The first-order chi connectivity index (χ1) is 11.5. The Balaban J connectivity index is 2.03. The standard InChI is InChI=1S/C18H24N2O3S2/c1-12(2)25(22,23)15-10-16(24-11-15)20-17(21)19-14-8-6-13(7-9-14)18(3,4)5/h6-12H,1-5H3,(H2,19,20,21). The van der Waals surface area contributed by atoms with Crippen molar-refractivity contribution in [2.45, 2.75) is 50.2 Å². The smallest absolute Gasteiger partial charge is 0.308 e. The molecule has 136 valence electrons. The highest BCUT2D eigenvalue weighted by atomic mass is 32.2. The van der Waals surface area contributed by atoms with Crippen molar-refractivity contribution in [1.29, 1.82) is 0 Å². The topological polar surface area (TPSA) is 75.3 Å². The van der Waals surface area contributed by atoms with Crippen molar-refractivity contribution in [1.82, 2.24) is 0 Å². The molecule has 2 aromatic rings. The summed E-state index contributed by atoms with van der Waals surface area (Å²) in [6, 6.07) is 8.75. The third-order valence-corrected chi connectivity index (χ3v) is 6.90. The van der Waals surface area contributed by atoms with E-state index in [4.69, 9.17) is 0 Å². The fraction of sp³-hybridized carbons (Fsp3) is 0.389. The molecule has 0 unspecified atom stereocenters. The lowest BCUT2D eigenvalue weighted by molar-refractivity contribution is 0.262. The van der Waals surface area contributed by atoms with Crippen LogP contribution in [-0.2, 0) is 15.3 Å². The van der Waals surface area contributed by atoms with Gasteiger partial charge in [0, 0.05) is 11.1 Å². The average molecular weight is 381 g/mol. The average Bonchev–Trinajstić information content (AvgIpc) is 2.95. The van der Waals surface area contributed by atoms with E-state index in [1.807, 2.05) is 24.3 Å². The Kier molecular flexibility index (Phi) is 5.58. The zero-order valence-corrected chi connectivity index (χ0v) is 16.7. The van der Waals surface area contributed by atoms with Crippen molar-refractivity contribution in [3.05, 3.63) is 41.3 Å². The number of carbonyl (C=O) groups excluding carboxylic acids is 1. The van der Waals surface area contributed by atoms with E-state index in [1.54, 1.807) is 19.2 Å². The molecule has 0 aliphatic carbocycles. The number of hydrogen-bond acceptors (Lipinski definition) is 4. The van der Waals surface area contributed by atoms with Gasteiger partial charge in [0.05, 0.1) is 15.1 Å². The van der Waals surface area contributed by atoms with Crippen LogP contribution in [0.2, 0.25) is 0 Å². The molecule has 0 aliphatic rings. The normalized spacial score (nSPS) is 12.2. The predicted octanol–water partition coefficient (Wildman–Crippen LogP) is 4.87. The first-order valence-electron chi connectivity index (χ1n) is 8.01. The Bertz CT molecular complexity index is 845. The van der Waals surface area contributed by atoms with Gasteiger partial charge in [0.25, 0.3) is 0 Å². The molecule has 0 saturated heterocycles. The van der Waals surface area contributed by atoms with E-state index >= 15 is 0 Å². The van der Waals surface area contributed by atoms with Crippen molar-refractivity contribution >= 4 is 37.9 Å². The number of nitrogens with one attached hydrogen (secondary N) is 2. The number of hydrogen-bond donors (Lipinski definition) is 2. The second-order valence-electron chi connectivity index (χ2n) is 7.15. The SMILES string of the molecule is CC(C)S(=O)(=O)c1csc(NC(=O)Nc2ccc(C(C)(C)C)cc2)c1. The van der Waals surface area contributed by atoms with Crippen LogP contribution in [0, 0.1) is 0 Å². The van der Waals surface area contributed by atoms with E-state index < -0.39 is 21.1 Å². The fourth-order valence-electron chi connectivity index (χ4n) is 2.13. The summed E-state index contributed by atoms with van der Waals surface area (Å²) in [5, 5.41) is 6.96. The lowest BCUT2D eigenvalue weighted by Gasteiger charge is -2.19. The first kappa shape index (κ1) is 19.5. The monoisotopic (exact) mass is 380 g/mol. The first-order valence-corrected chi connectivity index (χ1v) is 10.4. The van der Waals surface area contributed by atoms with Crippen molar-refractivity contribution in [2.24, 2.45) is 0 Å². The molecule has 0 aliphatic heterocycles. The number of sulfone groups is 1. The van der Waals surface area contributed by atoms with Crippen molar-refractivity contribution in [3.8, 4) is 0 Å². The van der Waals surface area contributed by atoms with E-state index in [0.717, 1.165) is 0 Å². The van der Waals surface area contributed by atoms with Crippen LogP contribution in [0.4, 0.5) is 15.5 Å². The zero-order chi connectivity index (χ0) is 18.8. The molecule has 1 aromatic heterocycles. The number of carbonyl (C=O) groups is 1. The molecule has 5 nitrogen and oxygen atoms in total. The van der Waals surface area contributed by atoms with Gasteiger partial charge in [0.1, 0.15) is 0 Å². The summed E-state index contributed by atoms with van der Waals surface area (Å²) in [6.45, 7) is 9.65. The molecular weight excluding hydrogens is 356 g/mol. The summed E-state index contributed by atoms with van der Waals surface area (Å²) in [7, 11) is -3.33. The van der Waals surface area contributed by atoms with Crippen LogP contribution in [0.25, 0.3) is 0 Å². The summed E-state index contributed by atoms with van der Waals surface area (Å²) >= 11 is 1.19. The highest BCUT2D eigenvalue weighted by molar-refractivity contribution is 7.92. The van der Waals surface area contributed by atoms with Gasteiger partial charge in [0.2, 0.25) is 0 Å². The highest BCUT2D eigenvalue weighted by Gasteiger charge is 2.21. The second-order valence-corrected chi connectivity index (χ2v) is 10.6. The Morgan fingerprint density at radius 3 is 2.20 bits per heavy atom. The minimum absolute atomic E-state index is 0.0517. The minimum atomic E-state index is -3.33. The lowest BCUT2D eigenvalue weighted by Crippen LogP contribution is -2.19.